The van der Waals surface area contributed by atoms with Gasteiger partial charge in [0.15, 0.2) is 11.0 Å². The van der Waals surface area contributed by atoms with E-state index in [0.29, 0.717) is 40.1 Å². The van der Waals surface area contributed by atoms with Gasteiger partial charge in [0, 0.05) is 17.8 Å². The van der Waals surface area contributed by atoms with Gasteiger partial charge in [-0.3, -0.25) is 9.59 Å². The molecule has 3 aromatic rings. The topological polar surface area (TPSA) is 124 Å². The molecule has 0 unspecified atom stereocenters. The lowest BCUT2D eigenvalue weighted by atomic mass is 10.2. The zero-order chi connectivity index (χ0) is 25.4. The highest BCUT2D eigenvalue weighted by atomic mass is 32.2. The van der Waals surface area contributed by atoms with Crippen LogP contribution in [0.4, 0.5) is 5.69 Å². The van der Waals surface area contributed by atoms with Gasteiger partial charge in [-0.15, -0.1) is 10.2 Å². The third kappa shape index (κ3) is 6.60. The minimum absolute atomic E-state index is 0.0904. The van der Waals surface area contributed by atoms with E-state index in [0.717, 1.165) is 0 Å². The fourth-order valence-electron chi connectivity index (χ4n) is 3.28. The van der Waals surface area contributed by atoms with Crippen molar-refractivity contribution in [2.75, 3.05) is 25.3 Å². The second-order valence-corrected chi connectivity index (χ2v) is 8.36. The van der Waals surface area contributed by atoms with Gasteiger partial charge in [-0.2, -0.15) is 0 Å². The number of rotatable bonds is 10. The quantitative estimate of drug-likeness (QED) is 0.323. The van der Waals surface area contributed by atoms with Gasteiger partial charge in [0.1, 0.15) is 5.75 Å². The van der Waals surface area contributed by atoms with Crippen LogP contribution in [0.15, 0.2) is 53.7 Å². The highest BCUT2D eigenvalue weighted by molar-refractivity contribution is 7.99. The predicted molar refractivity (Wildman–Crippen MR) is 132 cm³/mol. The number of anilines is 1. The average Bonchev–Trinajstić information content (AvgIpc) is 3.30. The molecule has 1 heterocycles. The molecule has 0 bridgehead atoms. The Morgan fingerprint density at radius 2 is 1.80 bits per heavy atom. The zero-order valence-electron chi connectivity index (χ0n) is 19.9. The number of hydrogen-bond donors (Lipinski definition) is 2. The number of carbonyl (C=O) groups is 3. The molecule has 0 radical (unpaired) electrons. The molecule has 2 aromatic carbocycles. The van der Waals surface area contributed by atoms with Crippen molar-refractivity contribution in [1.29, 1.82) is 0 Å². The number of carbonyl (C=O) groups excluding carboxylic acids is 3. The smallest absolute Gasteiger partial charge is 0.337 e. The van der Waals surface area contributed by atoms with Gasteiger partial charge >= 0.3 is 5.97 Å². The maximum Gasteiger partial charge on any atom is 0.337 e. The van der Waals surface area contributed by atoms with Crippen LogP contribution in [0.1, 0.15) is 46.4 Å². The number of thioether (sulfide) groups is 1. The summed E-state index contributed by atoms with van der Waals surface area (Å²) in [7, 11) is 2.87. The molecule has 10 nitrogen and oxygen atoms in total. The molecule has 1 aromatic heterocycles. The Balaban J connectivity index is 1.61. The number of esters is 1. The van der Waals surface area contributed by atoms with Gasteiger partial charge in [0.2, 0.25) is 5.91 Å². The molecule has 0 spiro atoms. The maximum atomic E-state index is 12.6. The van der Waals surface area contributed by atoms with Gasteiger partial charge < -0.3 is 24.7 Å². The van der Waals surface area contributed by atoms with Crippen molar-refractivity contribution >= 4 is 35.2 Å². The molecule has 35 heavy (non-hydrogen) atoms. The van der Waals surface area contributed by atoms with E-state index in [4.69, 9.17) is 9.47 Å². The van der Waals surface area contributed by atoms with Crippen molar-refractivity contribution in [2.24, 2.45) is 0 Å². The number of nitrogens with one attached hydrogen (secondary N) is 2. The minimum atomic E-state index is -0.479. The molecule has 184 valence electrons. The number of hydrogen-bond acceptors (Lipinski definition) is 8. The summed E-state index contributed by atoms with van der Waals surface area (Å²) in [6.45, 7) is 4.33. The van der Waals surface area contributed by atoms with Gasteiger partial charge in [0.25, 0.3) is 5.91 Å². The molecular weight excluding hydrogens is 470 g/mol. The molecule has 3 rings (SSSR count). The first-order chi connectivity index (χ1) is 16.9. The second-order valence-electron chi connectivity index (χ2n) is 7.42. The summed E-state index contributed by atoms with van der Waals surface area (Å²) in [4.78, 5) is 36.7. The molecule has 0 aliphatic rings. The Bertz CT molecular complexity index is 1200. The zero-order valence-corrected chi connectivity index (χ0v) is 20.7. The lowest BCUT2D eigenvalue weighted by molar-refractivity contribution is -0.113. The standard InChI is InChI=1S/C24H27N5O5S/c1-5-29-21(15(2)25-22(31)16-9-11-19(33-3)12-10-16)27-28-24(29)35-14-20(30)26-18-8-6-7-17(13-18)23(32)34-4/h6-13,15H,5,14H2,1-4H3,(H,25,31)(H,26,30)/t15-/m1/s1. The summed E-state index contributed by atoms with van der Waals surface area (Å²) in [5.41, 5.74) is 1.34. The molecule has 0 fully saturated rings. The maximum absolute atomic E-state index is 12.6. The van der Waals surface area contributed by atoms with Crippen LogP contribution in [0.3, 0.4) is 0 Å². The molecule has 0 aliphatic heterocycles. The third-order valence-electron chi connectivity index (χ3n) is 5.05. The van der Waals surface area contributed by atoms with Crippen molar-refractivity contribution in [3.05, 3.63) is 65.5 Å². The van der Waals surface area contributed by atoms with E-state index in [1.807, 2.05) is 18.4 Å². The van der Waals surface area contributed by atoms with Crippen molar-refractivity contribution < 1.29 is 23.9 Å². The second kappa shape index (κ2) is 12.0. The number of aromatic nitrogens is 3. The number of amides is 2. The summed E-state index contributed by atoms with van der Waals surface area (Å²) in [6.07, 6.45) is 0. The van der Waals surface area contributed by atoms with E-state index in [1.165, 1.54) is 18.9 Å². The monoisotopic (exact) mass is 497 g/mol. The van der Waals surface area contributed by atoms with Crippen LogP contribution >= 0.6 is 11.8 Å². The number of nitrogens with zero attached hydrogens (tertiary/aromatic N) is 3. The van der Waals surface area contributed by atoms with Crippen LogP contribution < -0.4 is 15.4 Å². The number of benzene rings is 2. The van der Waals surface area contributed by atoms with E-state index >= 15 is 0 Å². The largest absolute Gasteiger partial charge is 0.497 e. The summed E-state index contributed by atoms with van der Waals surface area (Å²) < 4.78 is 11.7. The van der Waals surface area contributed by atoms with E-state index in [-0.39, 0.29) is 17.6 Å². The molecule has 0 aliphatic carbocycles. The first-order valence-electron chi connectivity index (χ1n) is 10.8. The van der Waals surface area contributed by atoms with E-state index in [2.05, 4.69) is 20.8 Å². The first kappa shape index (κ1) is 25.8. The van der Waals surface area contributed by atoms with E-state index in [9.17, 15) is 14.4 Å². The molecule has 11 heteroatoms. The molecule has 2 amide bonds. The number of ether oxygens (including phenoxy) is 2. The van der Waals surface area contributed by atoms with Crippen molar-refractivity contribution in [3.63, 3.8) is 0 Å². The van der Waals surface area contributed by atoms with Crippen molar-refractivity contribution in [1.82, 2.24) is 20.1 Å². The molecule has 0 saturated heterocycles. The lowest BCUT2D eigenvalue weighted by Crippen LogP contribution is -2.28. The summed E-state index contributed by atoms with van der Waals surface area (Å²) in [5.74, 6) is 0.365. The van der Waals surface area contributed by atoms with Gasteiger partial charge in [-0.1, -0.05) is 17.8 Å². The minimum Gasteiger partial charge on any atom is -0.497 e. The fourth-order valence-corrected chi connectivity index (χ4v) is 4.09. The van der Waals surface area contributed by atoms with Gasteiger partial charge in [-0.05, 0) is 56.3 Å². The van der Waals surface area contributed by atoms with Gasteiger partial charge in [0.05, 0.1) is 31.6 Å². The van der Waals surface area contributed by atoms with Crippen molar-refractivity contribution in [2.45, 2.75) is 31.6 Å². The first-order valence-corrected chi connectivity index (χ1v) is 11.8. The molecule has 1 atom stereocenters. The van der Waals surface area contributed by atoms with Gasteiger partial charge in [-0.25, -0.2) is 4.79 Å². The molecule has 0 saturated carbocycles. The highest BCUT2D eigenvalue weighted by Crippen LogP contribution is 2.22. The summed E-state index contributed by atoms with van der Waals surface area (Å²) >= 11 is 1.23. The summed E-state index contributed by atoms with van der Waals surface area (Å²) in [5, 5.41) is 14.7. The van der Waals surface area contributed by atoms with Crippen LogP contribution in [0, 0.1) is 0 Å². The van der Waals surface area contributed by atoms with Crippen LogP contribution in [0.2, 0.25) is 0 Å². The van der Waals surface area contributed by atoms with Crippen molar-refractivity contribution in [3.8, 4) is 5.75 Å². The van der Waals surface area contributed by atoms with Crippen LogP contribution in [0.5, 0.6) is 5.75 Å². The fraction of sp³-hybridized carbons (Fsp3) is 0.292. The van der Waals surface area contributed by atoms with Crippen LogP contribution in [0.25, 0.3) is 0 Å². The molecular formula is C24H27N5O5S. The Morgan fingerprint density at radius 3 is 2.46 bits per heavy atom. The van der Waals surface area contributed by atoms with Crippen LogP contribution in [-0.2, 0) is 16.1 Å². The Kier molecular flexibility index (Phi) is 8.85. The average molecular weight is 498 g/mol. The highest BCUT2D eigenvalue weighted by Gasteiger charge is 2.20. The van der Waals surface area contributed by atoms with Crippen LogP contribution in [-0.4, -0.2) is 52.5 Å². The molecule has 2 N–H and O–H groups in total. The predicted octanol–water partition coefficient (Wildman–Crippen LogP) is 3.32. The Morgan fingerprint density at radius 1 is 1.06 bits per heavy atom. The van der Waals surface area contributed by atoms with E-state index in [1.54, 1.807) is 55.6 Å². The third-order valence-corrected chi connectivity index (χ3v) is 6.02. The summed E-state index contributed by atoms with van der Waals surface area (Å²) in [6, 6.07) is 12.9. The SMILES string of the molecule is CCn1c(SCC(=O)Nc2cccc(C(=O)OC)c2)nnc1[C@@H](C)NC(=O)c1ccc(OC)cc1. The van der Waals surface area contributed by atoms with E-state index < -0.39 is 12.0 Å². The Labute approximate surface area is 207 Å². The number of methoxy groups -OCH3 is 2. The normalized spacial score (nSPS) is 11.4. The Hall–Kier alpha value is -3.86. The lowest BCUT2D eigenvalue weighted by Gasteiger charge is -2.15.